The highest BCUT2D eigenvalue weighted by Crippen LogP contribution is 2.32. The molecule has 4 aromatic rings. The molecule has 0 radical (unpaired) electrons. The number of urea groups is 1. The third-order valence-corrected chi connectivity index (χ3v) is 6.11. The summed E-state index contributed by atoms with van der Waals surface area (Å²) >= 11 is 0. The number of benzene rings is 1. The van der Waals surface area contributed by atoms with Gasteiger partial charge in [0.25, 0.3) is 0 Å². The van der Waals surface area contributed by atoms with Crippen molar-refractivity contribution in [1.82, 2.24) is 34.8 Å². The Kier molecular flexibility index (Phi) is 4.92. The largest absolute Gasteiger partial charge is 0.341 e. The zero-order chi connectivity index (χ0) is 22.4. The fourth-order valence-electron chi connectivity index (χ4n) is 4.49. The van der Waals surface area contributed by atoms with Gasteiger partial charge in [0.05, 0.1) is 35.5 Å². The molecule has 32 heavy (non-hydrogen) atoms. The molecule has 0 saturated heterocycles. The quantitative estimate of drug-likeness (QED) is 0.539. The fraction of sp³-hybridized carbons (Fsp3) is 0.333. The Morgan fingerprint density at radius 2 is 2.06 bits per heavy atom. The van der Waals surface area contributed by atoms with Crippen molar-refractivity contribution >= 4 is 16.8 Å². The maximum atomic E-state index is 12.3. The molecule has 1 aromatic carbocycles. The van der Waals surface area contributed by atoms with Gasteiger partial charge < -0.3 is 10.2 Å². The summed E-state index contributed by atoms with van der Waals surface area (Å²) in [6.07, 6.45) is 6.51. The van der Waals surface area contributed by atoms with E-state index in [0.29, 0.717) is 19.0 Å². The normalized spacial score (nSPS) is 13.6. The first kappa shape index (κ1) is 20.2. The topological polar surface area (TPSA) is 80.9 Å². The first-order valence-electron chi connectivity index (χ1n) is 10.9. The molecule has 4 heterocycles. The number of nitrogens with zero attached hydrogens (tertiary/aromatic N) is 6. The Hall–Kier alpha value is -3.68. The molecule has 8 nitrogen and oxygen atoms in total. The van der Waals surface area contributed by atoms with Gasteiger partial charge in [0, 0.05) is 49.5 Å². The van der Waals surface area contributed by atoms with Gasteiger partial charge in [0.2, 0.25) is 0 Å². The summed E-state index contributed by atoms with van der Waals surface area (Å²) < 4.78 is 3.80. The van der Waals surface area contributed by atoms with Gasteiger partial charge in [-0.25, -0.2) is 9.48 Å². The summed E-state index contributed by atoms with van der Waals surface area (Å²) in [5, 5.41) is 14.2. The van der Waals surface area contributed by atoms with Crippen molar-refractivity contribution in [3.8, 4) is 16.9 Å². The van der Waals surface area contributed by atoms with Crippen molar-refractivity contribution in [2.24, 2.45) is 7.05 Å². The summed E-state index contributed by atoms with van der Waals surface area (Å²) in [7, 11) is 3.57. The second-order valence-corrected chi connectivity index (χ2v) is 8.57. The predicted octanol–water partition coefficient (Wildman–Crippen LogP) is 3.64. The van der Waals surface area contributed by atoms with E-state index in [1.54, 1.807) is 11.7 Å². The van der Waals surface area contributed by atoms with Crippen LogP contribution in [0.5, 0.6) is 0 Å². The lowest BCUT2D eigenvalue weighted by Crippen LogP contribution is -2.41. The molecule has 8 heteroatoms. The molecule has 0 bridgehead atoms. The standard InChI is InChI=1S/C24H27N7O/c1-15(2)23-18-8-9-30(24(32)25-3)14-22(18)31(28-23)21-7-5-6-16-10-20(26-12-19(16)21)17-11-27-29(4)13-17/h5-7,10-13,15H,8-9,14H2,1-4H3,(H,25,32). The van der Waals surface area contributed by atoms with Gasteiger partial charge in [-0.15, -0.1) is 0 Å². The Balaban J connectivity index is 1.64. The Labute approximate surface area is 186 Å². The van der Waals surface area contributed by atoms with E-state index in [1.165, 1.54) is 5.56 Å². The summed E-state index contributed by atoms with van der Waals surface area (Å²) in [6.45, 7) is 5.57. The van der Waals surface area contributed by atoms with Crippen molar-refractivity contribution in [2.75, 3.05) is 13.6 Å². The lowest BCUT2D eigenvalue weighted by atomic mass is 9.98. The Morgan fingerprint density at radius 3 is 2.78 bits per heavy atom. The number of amides is 2. The molecule has 0 atom stereocenters. The van der Waals surface area contributed by atoms with Crippen LogP contribution in [-0.2, 0) is 20.0 Å². The zero-order valence-electron chi connectivity index (χ0n) is 18.8. The van der Waals surface area contributed by atoms with Gasteiger partial charge in [-0.05, 0) is 29.9 Å². The molecule has 0 fully saturated rings. The van der Waals surface area contributed by atoms with Crippen molar-refractivity contribution in [2.45, 2.75) is 32.7 Å². The highest BCUT2D eigenvalue weighted by atomic mass is 16.2. The lowest BCUT2D eigenvalue weighted by Gasteiger charge is -2.28. The fourth-order valence-corrected chi connectivity index (χ4v) is 4.49. The molecule has 1 N–H and O–H groups in total. The monoisotopic (exact) mass is 429 g/mol. The zero-order valence-corrected chi connectivity index (χ0v) is 18.8. The number of fused-ring (bicyclic) bond motifs is 2. The second kappa shape index (κ2) is 7.78. The third-order valence-electron chi connectivity index (χ3n) is 6.11. The lowest BCUT2D eigenvalue weighted by molar-refractivity contribution is 0.193. The minimum Gasteiger partial charge on any atom is -0.341 e. The Bertz CT molecular complexity index is 1320. The molecule has 1 aliphatic heterocycles. The van der Waals surface area contributed by atoms with Crippen molar-refractivity contribution in [1.29, 1.82) is 0 Å². The van der Waals surface area contributed by atoms with Crippen LogP contribution in [0.2, 0.25) is 0 Å². The first-order chi connectivity index (χ1) is 15.5. The van der Waals surface area contributed by atoms with E-state index in [9.17, 15) is 4.79 Å². The predicted molar refractivity (Wildman–Crippen MR) is 124 cm³/mol. The molecular weight excluding hydrogens is 402 g/mol. The van der Waals surface area contributed by atoms with Crippen LogP contribution >= 0.6 is 0 Å². The number of rotatable bonds is 3. The summed E-state index contributed by atoms with van der Waals surface area (Å²) in [5.74, 6) is 0.307. The van der Waals surface area contributed by atoms with Gasteiger partial charge in [-0.3, -0.25) is 9.67 Å². The molecule has 5 rings (SSSR count). The van der Waals surface area contributed by atoms with Crippen LogP contribution in [0.15, 0.2) is 42.9 Å². The van der Waals surface area contributed by atoms with Crippen LogP contribution in [0.25, 0.3) is 27.7 Å². The number of carbonyl (C=O) groups excluding carboxylic acids is 1. The van der Waals surface area contributed by atoms with Gasteiger partial charge in [0.1, 0.15) is 0 Å². The van der Waals surface area contributed by atoms with E-state index in [2.05, 4.69) is 42.5 Å². The summed E-state index contributed by atoms with van der Waals surface area (Å²) in [4.78, 5) is 18.9. The number of nitrogens with one attached hydrogen (secondary N) is 1. The van der Waals surface area contributed by atoms with Gasteiger partial charge in [0.15, 0.2) is 0 Å². The van der Waals surface area contributed by atoms with E-state index >= 15 is 0 Å². The number of hydrogen-bond donors (Lipinski definition) is 1. The minimum atomic E-state index is -0.0600. The number of aromatic nitrogens is 5. The highest BCUT2D eigenvalue weighted by Gasteiger charge is 2.29. The van der Waals surface area contributed by atoms with Crippen molar-refractivity contribution in [3.05, 3.63) is 59.8 Å². The molecular formula is C24H27N7O. The van der Waals surface area contributed by atoms with Crippen LogP contribution in [0.3, 0.4) is 0 Å². The highest BCUT2D eigenvalue weighted by molar-refractivity contribution is 5.91. The molecule has 164 valence electrons. The van der Waals surface area contributed by atoms with E-state index < -0.39 is 0 Å². The number of aryl methyl sites for hydroxylation is 1. The number of hydrogen-bond acceptors (Lipinski definition) is 4. The smallest absolute Gasteiger partial charge is 0.317 e. The molecule has 0 spiro atoms. The van der Waals surface area contributed by atoms with Crippen LogP contribution < -0.4 is 5.32 Å². The van der Waals surface area contributed by atoms with Crippen LogP contribution in [0, 0.1) is 0 Å². The number of pyridine rings is 1. The van der Waals surface area contributed by atoms with E-state index in [4.69, 9.17) is 10.1 Å². The molecule has 0 aliphatic carbocycles. The average Bonchev–Trinajstić information content (AvgIpc) is 3.41. The van der Waals surface area contributed by atoms with E-state index in [1.807, 2.05) is 41.3 Å². The first-order valence-corrected chi connectivity index (χ1v) is 10.9. The minimum absolute atomic E-state index is 0.0600. The maximum Gasteiger partial charge on any atom is 0.317 e. The molecule has 3 aromatic heterocycles. The SMILES string of the molecule is CNC(=O)N1CCc2c(C(C)C)nn(-c3cccc4cc(-c5cnn(C)c5)ncc34)c2C1. The maximum absolute atomic E-state index is 12.3. The van der Waals surface area contributed by atoms with Gasteiger partial charge >= 0.3 is 6.03 Å². The summed E-state index contributed by atoms with van der Waals surface area (Å²) in [5.41, 5.74) is 6.30. The second-order valence-electron chi connectivity index (χ2n) is 8.57. The van der Waals surface area contributed by atoms with Crippen LogP contribution in [0.1, 0.15) is 36.7 Å². The molecule has 2 amide bonds. The van der Waals surface area contributed by atoms with E-state index in [0.717, 1.165) is 45.5 Å². The molecule has 0 saturated carbocycles. The third kappa shape index (κ3) is 3.32. The van der Waals surface area contributed by atoms with Crippen molar-refractivity contribution in [3.63, 3.8) is 0 Å². The van der Waals surface area contributed by atoms with Crippen LogP contribution in [0.4, 0.5) is 4.79 Å². The molecule has 0 unspecified atom stereocenters. The summed E-state index contributed by atoms with van der Waals surface area (Å²) in [6, 6.07) is 8.25. The van der Waals surface area contributed by atoms with Gasteiger partial charge in [-0.2, -0.15) is 10.2 Å². The van der Waals surface area contributed by atoms with Crippen LogP contribution in [-0.4, -0.2) is 49.1 Å². The Morgan fingerprint density at radius 1 is 1.22 bits per heavy atom. The number of carbonyl (C=O) groups is 1. The van der Waals surface area contributed by atoms with E-state index in [-0.39, 0.29) is 6.03 Å². The average molecular weight is 430 g/mol. The van der Waals surface area contributed by atoms with Gasteiger partial charge in [-0.1, -0.05) is 26.0 Å². The van der Waals surface area contributed by atoms with Crippen molar-refractivity contribution < 1.29 is 4.79 Å². The molecule has 1 aliphatic rings.